The van der Waals surface area contributed by atoms with Gasteiger partial charge in [0.25, 0.3) is 5.91 Å². The van der Waals surface area contributed by atoms with Gasteiger partial charge in [0.1, 0.15) is 11.9 Å². The van der Waals surface area contributed by atoms with E-state index in [1.54, 1.807) is 0 Å². The van der Waals surface area contributed by atoms with Gasteiger partial charge in [-0.05, 0) is 48.4 Å². The lowest BCUT2D eigenvalue weighted by Crippen LogP contribution is -2.52. The molecule has 0 radical (unpaired) electrons. The van der Waals surface area contributed by atoms with Crippen molar-refractivity contribution in [1.82, 2.24) is 15.1 Å². The van der Waals surface area contributed by atoms with Gasteiger partial charge >= 0.3 is 0 Å². The minimum atomic E-state index is -0.724. The normalized spacial score (nSPS) is 24.8. The van der Waals surface area contributed by atoms with Crippen LogP contribution in [0.3, 0.4) is 0 Å². The van der Waals surface area contributed by atoms with Crippen molar-refractivity contribution in [2.24, 2.45) is 5.92 Å². The van der Waals surface area contributed by atoms with Crippen LogP contribution in [0.1, 0.15) is 53.1 Å². The molecule has 9 heteroatoms. The number of nitrogens with one attached hydrogen (secondary N) is 1. The van der Waals surface area contributed by atoms with Crippen LogP contribution in [0.2, 0.25) is 0 Å². The number of likely N-dealkylation sites (tertiary alicyclic amines) is 1. The smallest absolute Gasteiger partial charge is 0.255 e. The minimum Gasteiger partial charge on any atom is -0.380 e. The number of imide groups is 1. The highest BCUT2D eigenvalue weighted by molar-refractivity contribution is 6.05. The SMILES string of the molecule is O=C1CCC(N2Cc3c(cc(F)cc3C3CCN(C(=O)C4COC4)CC3)C2=O)C(=O)N1. The van der Waals surface area contributed by atoms with Crippen molar-refractivity contribution in [3.63, 3.8) is 0 Å². The maximum atomic E-state index is 14.4. The molecule has 4 aliphatic rings. The first kappa shape index (κ1) is 20.1. The summed E-state index contributed by atoms with van der Waals surface area (Å²) in [6, 6.07) is 2.00. The zero-order chi connectivity index (χ0) is 21.7. The van der Waals surface area contributed by atoms with Crippen LogP contribution in [0.5, 0.6) is 0 Å². The standard InChI is InChI=1S/C22H24FN3O5/c23-14-7-15(12-3-5-25(6-4-12)21(29)13-10-31-11-13)17-9-26(22(30)16(17)8-14)18-1-2-19(27)24-20(18)28/h7-8,12-13,18H,1-6,9-11H2,(H,24,27,28). The molecule has 1 N–H and O–H groups in total. The highest BCUT2D eigenvalue weighted by atomic mass is 19.1. The Morgan fingerprint density at radius 3 is 2.48 bits per heavy atom. The van der Waals surface area contributed by atoms with Crippen molar-refractivity contribution in [3.05, 3.63) is 34.6 Å². The molecule has 31 heavy (non-hydrogen) atoms. The molecular weight excluding hydrogens is 405 g/mol. The highest BCUT2D eigenvalue weighted by Crippen LogP contribution is 2.38. The van der Waals surface area contributed by atoms with Gasteiger partial charge in [0, 0.05) is 31.6 Å². The number of halogens is 1. The molecule has 1 atom stereocenters. The summed E-state index contributed by atoms with van der Waals surface area (Å²) in [7, 11) is 0. The third-order valence-electron chi connectivity index (χ3n) is 6.89. The van der Waals surface area contributed by atoms with E-state index < -0.39 is 17.8 Å². The Labute approximate surface area is 178 Å². The molecule has 0 saturated carbocycles. The van der Waals surface area contributed by atoms with Crippen LogP contribution in [-0.2, 0) is 25.7 Å². The molecule has 164 valence electrons. The number of hydrogen-bond donors (Lipinski definition) is 1. The maximum absolute atomic E-state index is 14.4. The Hall–Kier alpha value is -2.81. The molecule has 0 bridgehead atoms. The van der Waals surface area contributed by atoms with Crippen molar-refractivity contribution in [2.45, 2.75) is 44.2 Å². The average molecular weight is 429 g/mol. The van der Waals surface area contributed by atoms with Crippen molar-refractivity contribution in [1.29, 1.82) is 0 Å². The molecule has 4 heterocycles. The van der Waals surface area contributed by atoms with Crippen molar-refractivity contribution < 1.29 is 28.3 Å². The fourth-order valence-electron chi connectivity index (χ4n) is 5.06. The van der Waals surface area contributed by atoms with Gasteiger partial charge in [-0.15, -0.1) is 0 Å². The fraction of sp³-hybridized carbons (Fsp3) is 0.545. The summed E-state index contributed by atoms with van der Waals surface area (Å²) < 4.78 is 19.6. The lowest BCUT2D eigenvalue weighted by atomic mass is 9.85. The molecule has 5 rings (SSSR count). The molecule has 1 unspecified atom stereocenters. The maximum Gasteiger partial charge on any atom is 0.255 e. The Bertz CT molecular complexity index is 968. The first-order valence-corrected chi connectivity index (χ1v) is 10.8. The number of piperidine rings is 2. The van der Waals surface area contributed by atoms with Gasteiger partial charge in [-0.2, -0.15) is 0 Å². The van der Waals surface area contributed by atoms with Crippen LogP contribution in [-0.4, -0.2) is 65.8 Å². The monoisotopic (exact) mass is 429 g/mol. The van der Waals surface area contributed by atoms with Gasteiger partial charge in [0.2, 0.25) is 17.7 Å². The Balaban J connectivity index is 1.34. The van der Waals surface area contributed by atoms with E-state index in [2.05, 4.69) is 5.32 Å². The van der Waals surface area contributed by atoms with E-state index in [-0.39, 0.29) is 48.9 Å². The van der Waals surface area contributed by atoms with Crippen LogP contribution in [0, 0.1) is 11.7 Å². The van der Waals surface area contributed by atoms with Crippen LogP contribution >= 0.6 is 0 Å². The summed E-state index contributed by atoms with van der Waals surface area (Å²) in [5.74, 6) is -1.55. The topological polar surface area (TPSA) is 96.0 Å². The summed E-state index contributed by atoms with van der Waals surface area (Å²) in [6.07, 6.45) is 1.84. The number of carbonyl (C=O) groups excluding carboxylic acids is 4. The first-order valence-electron chi connectivity index (χ1n) is 10.8. The number of nitrogens with zero attached hydrogens (tertiary/aromatic N) is 2. The van der Waals surface area contributed by atoms with E-state index in [0.29, 0.717) is 44.7 Å². The quantitative estimate of drug-likeness (QED) is 0.722. The number of rotatable bonds is 3. The Morgan fingerprint density at radius 1 is 1.10 bits per heavy atom. The lowest BCUT2D eigenvalue weighted by Gasteiger charge is -2.37. The summed E-state index contributed by atoms with van der Waals surface area (Å²) in [6.45, 7) is 2.38. The number of amides is 4. The van der Waals surface area contributed by atoms with Gasteiger partial charge in [-0.3, -0.25) is 24.5 Å². The lowest BCUT2D eigenvalue weighted by molar-refractivity contribution is -0.151. The van der Waals surface area contributed by atoms with Gasteiger partial charge < -0.3 is 14.5 Å². The zero-order valence-electron chi connectivity index (χ0n) is 17.1. The molecule has 1 aromatic rings. The molecule has 4 amide bonds. The molecule has 3 saturated heterocycles. The number of ether oxygens (including phenoxy) is 1. The van der Waals surface area contributed by atoms with Crippen molar-refractivity contribution >= 4 is 23.6 Å². The Morgan fingerprint density at radius 2 is 1.84 bits per heavy atom. The zero-order valence-corrected chi connectivity index (χ0v) is 17.1. The van der Waals surface area contributed by atoms with E-state index in [4.69, 9.17) is 4.74 Å². The van der Waals surface area contributed by atoms with Gasteiger partial charge in [-0.1, -0.05) is 0 Å². The average Bonchev–Trinajstić information content (AvgIpc) is 3.02. The molecule has 4 aliphatic heterocycles. The van der Waals surface area contributed by atoms with E-state index in [1.165, 1.54) is 17.0 Å². The Kier molecular flexibility index (Phi) is 5.00. The van der Waals surface area contributed by atoms with Crippen LogP contribution < -0.4 is 5.32 Å². The van der Waals surface area contributed by atoms with Crippen molar-refractivity contribution in [2.75, 3.05) is 26.3 Å². The molecular formula is C22H24FN3O5. The van der Waals surface area contributed by atoms with Gasteiger partial charge in [0.15, 0.2) is 0 Å². The largest absolute Gasteiger partial charge is 0.380 e. The third kappa shape index (κ3) is 3.50. The number of carbonyl (C=O) groups is 4. The van der Waals surface area contributed by atoms with Crippen LogP contribution in [0.15, 0.2) is 12.1 Å². The molecule has 1 aromatic carbocycles. The van der Waals surface area contributed by atoms with Gasteiger partial charge in [0.05, 0.1) is 19.1 Å². The number of benzene rings is 1. The highest BCUT2D eigenvalue weighted by Gasteiger charge is 2.41. The predicted molar refractivity (Wildman–Crippen MR) is 105 cm³/mol. The summed E-state index contributed by atoms with van der Waals surface area (Å²) >= 11 is 0. The molecule has 0 spiro atoms. The summed E-state index contributed by atoms with van der Waals surface area (Å²) in [4.78, 5) is 52.5. The van der Waals surface area contributed by atoms with E-state index in [9.17, 15) is 23.6 Å². The van der Waals surface area contributed by atoms with E-state index in [1.807, 2.05) is 4.90 Å². The van der Waals surface area contributed by atoms with Gasteiger partial charge in [-0.25, -0.2) is 4.39 Å². The third-order valence-corrected chi connectivity index (χ3v) is 6.89. The second kappa shape index (κ2) is 7.71. The summed E-state index contributed by atoms with van der Waals surface area (Å²) in [5, 5.41) is 2.28. The number of hydrogen-bond acceptors (Lipinski definition) is 5. The summed E-state index contributed by atoms with van der Waals surface area (Å²) in [5.41, 5.74) is 1.84. The number of fused-ring (bicyclic) bond motifs is 1. The van der Waals surface area contributed by atoms with Crippen LogP contribution in [0.25, 0.3) is 0 Å². The van der Waals surface area contributed by atoms with Crippen molar-refractivity contribution in [3.8, 4) is 0 Å². The molecule has 0 aromatic heterocycles. The molecule has 8 nitrogen and oxygen atoms in total. The minimum absolute atomic E-state index is 0.0423. The predicted octanol–water partition coefficient (Wildman–Crippen LogP) is 0.939. The second-order valence-electron chi connectivity index (χ2n) is 8.76. The van der Waals surface area contributed by atoms with E-state index in [0.717, 1.165) is 11.1 Å². The first-order chi connectivity index (χ1) is 14.9. The second-order valence-corrected chi connectivity index (χ2v) is 8.76. The molecule has 0 aliphatic carbocycles. The fourth-order valence-corrected chi connectivity index (χ4v) is 5.06. The molecule has 3 fully saturated rings. The van der Waals surface area contributed by atoms with E-state index >= 15 is 0 Å². The van der Waals surface area contributed by atoms with Crippen LogP contribution in [0.4, 0.5) is 4.39 Å².